The molecule has 0 unspecified atom stereocenters. The second-order valence-electron chi connectivity index (χ2n) is 10.6. The summed E-state index contributed by atoms with van der Waals surface area (Å²) in [5.74, 6) is 0.983. The van der Waals surface area contributed by atoms with Crippen LogP contribution in [0.4, 0.5) is 5.69 Å². The molecule has 2 nitrogen and oxygen atoms in total. The molecule has 0 radical (unpaired) electrons. The molecule has 176 valence electrons. The van der Waals surface area contributed by atoms with E-state index in [1.54, 1.807) is 0 Å². The van der Waals surface area contributed by atoms with Crippen molar-refractivity contribution in [3.8, 4) is 5.75 Å². The van der Waals surface area contributed by atoms with Gasteiger partial charge in [0.15, 0.2) is 6.21 Å². The molecule has 0 saturated carbocycles. The van der Waals surface area contributed by atoms with Crippen LogP contribution in [-0.4, -0.2) is 17.5 Å². The molecule has 0 spiro atoms. The van der Waals surface area contributed by atoms with Gasteiger partial charge in [0.25, 0.3) is 6.73 Å². The van der Waals surface area contributed by atoms with E-state index in [-0.39, 0.29) is 10.8 Å². The van der Waals surface area contributed by atoms with E-state index in [0.717, 1.165) is 11.3 Å². The van der Waals surface area contributed by atoms with Gasteiger partial charge in [-0.2, -0.15) is 4.58 Å². The predicted octanol–water partition coefficient (Wildman–Crippen LogP) is 7.76. The quantitative estimate of drug-likeness (QED) is 0.277. The summed E-state index contributed by atoms with van der Waals surface area (Å²) in [6.45, 7) is 11.9. The van der Waals surface area contributed by atoms with Gasteiger partial charge in [-0.1, -0.05) is 113 Å². The van der Waals surface area contributed by atoms with Crippen molar-refractivity contribution in [2.75, 3.05) is 6.73 Å². The molecule has 0 bridgehead atoms. The number of hydrogen-bond donors (Lipinski definition) is 0. The van der Waals surface area contributed by atoms with Crippen LogP contribution in [0.25, 0.3) is 0 Å². The molecule has 5 rings (SSSR count). The largest absolute Gasteiger partial charge is 0.435 e. The summed E-state index contributed by atoms with van der Waals surface area (Å²) in [6, 6.07) is 34.7. The van der Waals surface area contributed by atoms with Crippen molar-refractivity contribution < 1.29 is 9.31 Å². The summed E-state index contributed by atoms with van der Waals surface area (Å²) >= 11 is 0. The third-order valence-corrected chi connectivity index (χ3v) is 7.57. The van der Waals surface area contributed by atoms with E-state index in [9.17, 15) is 0 Å². The summed E-state index contributed by atoms with van der Waals surface area (Å²) < 4.78 is 8.77. The van der Waals surface area contributed by atoms with E-state index in [2.05, 4.69) is 142 Å². The highest BCUT2D eigenvalue weighted by Crippen LogP contribution is 2.44. The van der Waals surface area contributed by atoms with Crippen LogP contribution >= 0.6 is 0 Å². The first-order chi connectivity index (χ1) is 16.8. The number of ether oxygens (including phenoxy) is 1. The highest BCUT2D eigenvalue weighted by atomic mass is 16.5. The molecule has 4 aromatic carbocycles. The van der Waals surface area contributed by atoms with E-state index >= 15 is 0 Å². The molecule has 0 N–H and O–H groups in total. The minimum atomic E-state index is -0.215. The lowest BCUT2D eigenvalue weighted by atomic mass is 9.72. The fraction of sp³-hybridized carbons (Fsp3) is 0.242. The number of benzene rings is 4. The second kappa shape index (κ2) is 8.85. The van der Waals surface area contributed by atoms with Gasteiger partial charge in [0, 0.05) is 28.0 Å². The van der Waals surface area contributed by atoms with Gasteiger partial charge in [-0.25, -0.2) is 0 Å². The zero-order valence-electron chi connectivity index (χ0n) is 21.4. The molecule has 0 amide bonds. The SMILES string of the molecule is Cc1ccccc1[N+]1=Cc2cc(C(C)(C)c3ccccc3)cc(C(C)(C)c3ccccc3)c2OC1. The molecule has 1 aliphatic heterocycles. The van der Waals surface area contributed by atoms with E-state index in [4.69, 9.17) is 4.74 Å². The number of para-hydroxylation sites is 1. The van der Waals surface area contributed by atoms with Crippen molar-refractivity contribution in [2.45, 2.75) is 45.4 Å². The lowest BCUT2D eigenvalue weighted by Crippen LogP contribution is -2.28. The van der Waals surface area contributed by atoms with Crippen molar-refractivity contribution in [1.29, 1.82) is 0 Å². The number of aryl methyl sites for hydroxylation is 1. The minimum absolute atomic E-state index is 0.156. The van der Waals surface area contributed by atoms with E-state index in [0.29, 0.717) is 6.73 Å². The maximum Gasteiger partial charge on any atom is 0.292 e. The zero-order valence-corrected chi connectivity index (χ0v) is 21.4. The van der Waals surface area contributed by atoms with Gasteiger partial charge < -0.3 is 4.74 Å². The molecule has 0 aliphatic carbocycles. The molecule has 2 heteroatoms. The minimum Gasteiger partial charge on any atom is -0.435 e. The van der Waals surface area contributed by atoms with Crippen LogP contribution < -0.4 is 4.74 Å². The maximum atomic E-state index is 6.55. The molecular weight excluding hydrogens is 426 g/mol. The van der Waals surface area contributed by atoms with Crippen LogP contribution in [0, 0.1) is 6.92 Å². The number of nitrogens with zero attached hydrogens (tertiary/aromatic N) is 1. The molecule has 0 aromatic heterocycles. The van der Waals surface area contributed by atoms with E-state index < -0.39 is 0 Å². The first kappa shape index (κ1) is 23.1. The Balaban J connectivity index is 1.73. The van der Waals surface area contributed by atoms with Gasteiger partial charge in [0.1, 0.15) is 5.75 Å². The van der Waals surface area contributed by atoms with Crippen molar-refractivity contribution in [2.24, 2.45) is 0 Å². The lowest BCUT2D eigenvalue weighted by molar-refractivity contribution is -0.476. The first-order valence-electron chi connectivity index (χ1n) is 12.4. The molecule has 1 aliphatic rings. The summed E-state index contributed by atoms with van der Waals surface area (Å²) in [7, 11) is 0. The summed E-state index contributed by atoms with van der Waals surface area (Å²) in [5.41, 5.74) is 8.26. The molecule has 0 atom stereocenters. The highest BCUT2D eigenvalue weighted by molar-refractivity contribution is 5.84. The van der Waals surface area contributed by atoms with Gasteiger partial charge in [0.2, 0.25) is 5.69 Å². The van der Waals surface area contributed by atoms with Gasteiger partial charge in [0.05, 0.1) is 5.56 Å². The lowest BCUT2D eigenvalue weighted by Gasteiger charge is -2.33. The molecule has 4 aromatic rings. The second-order valence-corrected chi connectivity index (χ2v) is 10.6. The van der Waals surface area contributed by atoms with Crippen LogP contribution in [0.15, 0.2) is 97.1 Å². The maximum absolute atomic E-state index is 6.55. The topological polar surface area (TPSA) is 12.2 Å². The molecule has 35 heavy (non-hydrogen) atoms. The smallest absolute Gasteiger partial charge is 0.292 e. The van der Waals surface area contributed by atoms with Gasteiger partial charge in [-0.15, -0.1) is 0 Å². The Hall–Kier alpha value is -3.65. The summed E-state index contributed by atoms with van der Waals surface area (Å²) in [4.78, 5) is 0. The van der Waals surface area contributed by atoms with Crippen LogP contribution in [0.1, 0.15) is 61.1 Å². The zero-order chi connectivity index (χ0) is 24.6. The first-order valence-corrected chi connectivity index (χ1v) is 12.4. The predicted molar refractivity (Wildman–Crippen MR) is 145 cm³/mol. The average molecular weight is 461 g/mol. The van der Waals surface area contributed by atoms with Crippen LogP contribution in [0.2, 0.25) is 0 Å². The third kappa shape index (κ3) is 4.18. The Bertz CT molecular complexity index is 1380. The number of hydrogen-bond acceptors (Lipinski definition) is 1. The normalized spacial score (nSPS) is 13.6. The standard InChI is InChI=1S/C33H34NO/c1-24-14-12-13-19-30(24)34-22-25-20-28(32(2,3)26-15-8-6-9-16-26)21-29(31(25)35-23-34)33(4,5)27-17-10-7-11-18-27/h6-22H,23H2,1-5H3/q+1. The molecule has 1 heterocycles. The van der Waals surface area contributed by atoms with Crippen molar-refractivity contribution >= 4 is 11.9 Å². The Kier molecular flexibility index (Phi) is 5.84. The third-order valence-electron chi connectivity index (χ3n) is 7.57. The molecular formula is C33H34NO+. The van der Waals surface area contributed by atoms with Crippen molar-refractivity contribution in [1.82, 2.24) is 0 Å². The Morgan fingerprint density at radius 1 is 0.657 bits per heavy atom. The summed E-state index contributed by atoms with van der Waals surface area (Å²) in [5, 5.41) is 0. The Labute approximate surface area is 209 Å². The Morgan fingerprint density at radius 3 is 1.86 bits per heavy atom. The molecule has 0 fully saturated rings. The van der Waals surface area contributed by atoms with Crippen LogP contribution in [0.3, 0.4) is 0 Å². The number of fused-ring (bicyclic) bond motifs is 1. The summed E-state index contributed by atoms with van der Waals surface area (Å²) in [6.07, 6.45) is 2.26. The fourth-order valence-electron chi connectivity index (χ4n) is 5.13. The Morgan fingerprint density at radius 2 is 1.23 bits per heavy atom. The van der Waals surface area contributed by atoms with Crippen LogP contribution in [0.5, 0.6) is 5.75 Å². The van der Waals surface area contributed by atoms with Crippen molar-refractivity contribution in [3.63, 3.8) is 0 Å². The van der Waals surface area contributed by atoms with Crippen molar-refractivity contribution in [3.05, 3.63) is 130 Å². The van der Waals surface area contributed by atoms with Crippen LogP contribution in [-0.2, 0) is 10.8 Å². The van der Waals surface area contributed by atoms with Gasteiger partial charge >= 0.3 is 0 Å². The van der Waals surface area contributed by atoms with Gasteiger partial charge in [-0.05, 0) is 29.7 Å². The van der Waals surface area contributed by atoms with E-state index in [1.165, 1.54) is 33.5 Å². The monoisotopic (exact) mass is 460 g/mol. The highest BCUT2D eigenvalue weighted by Gasteiger charge is 2.35. The molecule has 0 saturated heterocycles. The average Bonchev–Trinajstić information content (AvgIpc) is 2.89. The fourth-order valence-corrected chi connectivity index (χ4v) is 5.13. The van der Waals surface area contributed by atoms with E-state index in [1.807, 2.05) is 0 Å². The number of rotatable bonds is 5. The van der Waals surface area contributed by atoms with Gasteiger partial charge in [-0.3, -0.25) is 0 Å².